The summed E-state index contributed by atoms with van der Waals surface area (Å²) in [7, 11) is 1.69. The maximum Gasteiger partial charge on any atom is 0.331 e. The highest BCUT2D eigenvalue weighted by Crippen LogP contribution is 2.39. The molecule has 2 rings (SSSR count). The molecule has 1 unspecified atom stereocenters. The van der Waals surface area contributed by atoms with Crippen molar-refractivity contribution in [3.05, 3.63) is 18.0 Å². The minimum Gasteiger partial charge on any atom is -0.479 e. The first-order chi connectivity index (χ1) is 9.39. The van der Waals surface area contributed by atoms with E-state index in [1.165, 1.54) is 17.3 Å². The molecule has 0 saturated heterocycles. The average molecular weight is 280 g/mol. The molecule has 0 radical (unpaired) electrons. The first-order valence-corrected chi connectivity index (χ1v) is 6.65. The van der Waals surface area contributed by atoms with Gasteiger partial charge in [0.05, 0.1) is 6.20 Å². The Morgan fingerprint density at radius 3 is 2.70 bits per heavy atom. The van der Waals surface area contributed by atoms with Gasteiger partial charge in [-0.05, 0) is 18.3 Å². The van der Waals surface area contributed by atoms with Gasteiger partial charge in [0.2, 0.25) is 0 Å². The molecule has 1 aliphatic rings. The van der Waals surface area contributed by atoms with E-state index in [0.29, 0.717) is 12.1 Å². The normalized spacial score (nSPS) is 17.9. The molecule has 1 saturated carbocycles. The summed E-state index contributed by atoms with van der Waals surface area (Å²) in [4.78, 5) is 23.0. The summed E-state index contributed by atoms with van der Waals surface area (Å²) in [6, 6.07) is -1.55. The summed E-state index contributed by atoms with van der Waals surface area (Å²) < 4.78 is 1.50. The van der Waals surface area contributed by atoms with Crippen molar-refractivity contribution in [2.75, 3.05) is 6.54 Å². The van der Waals surface area contributed by atoms with Crippen molar-refractivity contribution in [1.29, 1.82) is 0 Å². The Morgan fingerprint density at radius 2 is 2.25 bits per heavy atom. The third-order valence-electron chi connectivity index (χ3n) is 3.82. The van der Waals surface area contributed by atoms with E-state index in [4.69, 9.17) is 0 Å². The van der Waals surface area contributed by atoms with Crippen molar-refractivity contribution in [3.8, 4) is 0 Å². The summed E-state index contributed by atoms with van der Waals surface area (Å²) in [5.41, 5.74) is 0.606. The van der Waals surface area contributed by atoms with Gasteiger partial charge < -0.3 is 15.7 Å². The van der Waals surface area contributed by atoms with Gasteiger partial charge in [0.15, 0.2) is 6.04 Å². The molecule has 1 aliphatic carbocycles. The largest absolute Gasteiger partial charge is 0.479 e. The number of carboxylic acid groups (broad SMARTS) is 1. The van der Waals surface area contributed by atoms with Crippen LogP contribution in [0.15, 0.2) is 12.4 Å². The number of amides is 2. The monoisotopic (exact) mass is 280 g/mol. The molecule has 20 heavy (non-hydrogen) atoms. The standard InChI is InChI=1S/C13H20N4O3/c1-13(4-3-5-13)8-14-12(20)16-10(11(18)19)9-6-15-17(2)7-9/h6-7,10H,3-5,8H2,1-2H3,(H,18,19)(H2,14,16,20). The van der Waals surface area contributed by atoms with E-state index in [1.54, 1.807) is 13.2 Å². The van der Waals surface area contributed by atoms with Crippen LogP contribution in [-0.4, -0.2) is 33.4 Å². The zero-order valence-electron chi connectivity index (χ0n) is 11.7. The van der Waals surface area contributed by atoms with E-state index >= 15 is 0 Å². The lowest BCUT2D eigenvalue weighted by Crippen LogP contribution is -2.46. The van der Waals surface area contributed by atoms with E-state index in [-0.39, 0.29) is 5.41 Å². The molecule has 1 heterocycles. The van der Waals surface area contributed by atoms with Gasteiger partial charge in [0, 0.05) is 25.4 Å². The molecule has 7 heteroatoms. The van der Waals surface area contributed by atoms with Gasteiger partial charge in [-0.3, -0.25) is 4.68 Å². The van der Waals surface area contributed by atoms with Gasteiger partial charge >= 0.3 is 12.0 Å². The van der Waals surface area contributed by atoms with Gasteiger partial charge in [-0.2, -0.15) is 5.10 Å². The number of carbonyl (C=O) groups is 2. The van der Waals surface area contributed by atoms with Crippen LogP contribution in [0.2, 0.25) is 0 Å². The molecule has 110 valence electrons. The van der Waals surface area contributed by atoms with Crippen LogP contribution in [-0.2, 0) is 11.8 Å². The van der Waals surface area contributed by atoms with Gasteiger partial charge in [-0.1, -0.05) is 13.3 Å². The Kier molecular flexibility index (Phi) is 3.96. The lowest BCUT2D eigenvalue weighted by molar-refractivity contribution is -0.139. The average Bonchev–Trinajstić information content (AvgIpc) is 2.77. The summed E-state index contributed by atoms with van der Waals surface area (Å²) >= 11 is 0. The number of hydrogen-bond acceptors (Lipinski definition) is 3. The van der Waals surface area contributed by atoms with Crippen molar-refractivity contribution >= 4 is 12.0 Å². The molecule has 1 fully saturated rings. The Hall–Kier alpha value is -2.05. The van der Waals surface area contributed by atoms with Crippen LogP contribution in [0, 0.1) is 5.41 Å². The zero-order valence-corrected chi connectivity index (χ0v) is 11.7. The molecule has 7 nitrogen and oxygen atoms in total. The van der Waals surface area contributed by atoms with Gasteiger partial charge in [0.25, 0.3) is 0 Å². The lowest BCUT2D eigenvalue weighted by Gasteiger charge is -2.38. The second kappa shape index (κ2) is 5.52. The Labute approximate surface area is 117 Å². The van der Waals surface area contributed by atoms with Crippen LogP contribution in [0.25, 0.3) is 0 Å². The molecule has 3 N–H and O–H groups in total. The number of carbonyl (C=O) groups excluding carboxylic acids is 1. The number of aromatic nitrogens is 2. The van der Waals surface area contributed by atoms with Gasteiger partial charge in [-0.25, -0.2) is 9.59 Å². The Balaban J connectivity index is 1.91. The number of rotatable bonds is 5. The van der Waals surface area contributed by atoms with E-state index in [1.807, 2.05) is 0 Å². The summed E-state index contributed by atoms with van der Waals surface area (Å²) in [5.74, 6) is -1.11. The minimum absolute atomic E-state index is 0.157. The molecule has 0 spiro atoms. The predicted molar refractivity (Wildman–Crippen MR) is 72.1 cm³/mol. The van der Waals surface area contributed by atoms with Crippen LogP contribution in [0.3, 0.4) is 0 Å². The highest BCUT2D eigenvalue weighted by molar-refractivity contribution is 5.83. The van der Waals surface area contributed by atoms with Crippen molar-refractivity contribution in [3.63, 3.8) is 0 Å². The fraction of sp³-hybridized carbons (Fsp3) is 0.615. The van der Waals surface area contributed by atoms with E-state index < -0.39 is 18.0 Å². The van der Waals surface area contributed by atoms with Crippen molar-refractivity contribution in [2.45, 2.75) is 32.2 Å². The topological polar surface area (TPSA) is 96.2 Å². The zero-order chi connectivity index (χ0) is 14.8. The maximum absolute atomic E-state index is 11.8. The number of aryl methyl sites for hydroxylation is 1. The molecule has 0 bridgehead atoms. The molecular weight excluding hydrogens is 260 g/mol. The second-order valence-corrected chi connectivity index (χ2v) is 5.71. The second-order valence-electron chi connectivity index (χ2n) is 5.71. The quantitative estimate of drug-likeness (QED) is 0.750. The fourth-order valence-corrected chi connectivity index (χ4v) is 2.31. The minimum atomic E-state index is -1.11. The first-order valence-electron chi connectivity index (χ1n) is 6.65. The highest BCUT2D eigenvalue weighted by atomic mass is 16.4. The highest BCUT2D eigenvalue weighted by Gasteiger charge is 2.32. The van der Waals surface area contributed by atoms with Crippen LogP contribution in [0.1, 0.15) is 37.8 Å². The van der Waals surface area contributed by atoms with E-state index in [9.17, 15) is 14.7 Å². The number of urea groups is 1. The fourth-order valence-electron chi connectivity index (χ4n) is 2.31. The summed E-state index contributed by atoms with van der Waals surface area (Å²) in [6.07, 6.45) is 6.39. The van der Waals surface area contributed by atoms with Crippen LogP contribution in [0.5, 0.6) is 0 Å². The van der Waals surface area contributed by atoms with Crippen LogP contribution >= 0.6 is 0 Å². The molecule has 1 atom stereocenters. The molecule has 0 aliphatic heterocycles. The van der Waals surface area contributed by atoms with E-state index in [0.717, 1.165) is 12.8 Å². The maximum atomic E-state index is 11.8. The Bertz CT molecular complexity index is 507. The summed E-state index contributed by atoms with van der Waals surface area (Å²) in [6.45, 7) is 2.69. The van der Waals surface area contributed by atoms with Crippen molar-refractivity contribution in [2.24, 2.45) is 12.5 Å². The number of carboxylic acids is 1. The third-order valence-corrected chi connectivity index (χ3v) is 3.82. The predicted octanol–water partition coefficient (Wildman–Crippen LogP) is 1.04. The molecule has 1 aromatic rings. The SMILES string of the molecule is Cn1cc(C(NC(=O)NCC2(C)CCC2)C(=O)O)cn1. The smallest absolute Gasteiger partial charge is 0.331 e. The van der Waals surface area contributed by atoms with Gasteiger partial charge in [-0.15, -0.1) is 0 Å². The first kappa shape index (κ1) is 14.4. The Morgan fingerprint density at radius 1 is 1.55 bits per heavy atom. The van der Waals surface area contributed by atoms with Gasteiger partial charge in [0.1, 0.15) is 0 Å². The number of aliphatic carboxylic acids is 1. The summed E-state index contributed by atoms with van der Waals surface area (Å²) in [5, 5.41) is 18.3. The number of hydrogen-bond donors (Lipinski definition) is 3. The van der Waals surface area contributed by atoms with Crippen molar-refractivity contribution in [1.82, 2.24) is 20.4 Å². The molecular formula is C13H20N4O3. The number of nitrogens with one attached hydrogen (secondary N) is 2. The van der Waals surface area contributed by atoms with E-state index in [2.05, 4.69) is 22.7 Å². The lowest BCUT2D eigenvalue weighted by atomic mass is 9.70. The molecule has 1 aromatic heterocycles. The molecule has 0 aromatic carbocycles. The molecule has 2 amide bonds. The third kappa shape index (κ3) is 3.28. The number of nitrogens with zero attached hydrogens (tertiary/aromatic N) is 2. The van der Waals surface area contributed by atoms with Crippen LogP contribution < -0.4 is 10.6 Å². The van der Waals surface area contributed by atoms with Crippen molar-refractivity contribution < 1.29 is 14.7 Å². The van der Waals surface area contributed by atoms with Crippen LogP contribution in [0.4, 0.5) is 4.79 Å².